The summed E-state index contributed by atoms with van der Waals surface area (Å²) in [5.74, 6) is 0. The summed E-state index contributed by atoms with van der Waals surface area (Å²) in [5, 5.41) is 14.7. The van der Waals surface area contributed by atoms with Gasteiger partial charge in [0.2, 0.25) is 0 Å². The molecule has 1 aliphatic heterocycles. The molecule has 1 atom stereocenters. The number of benzene rings is 1. The Kier molecular flexibility index (Phi) is 3.18. The monoisotopic (exact) mass is 259 g/mol. The number of hydrogen-bond acceptors (Lipinski definition) is 2. The first-order valence-corrected chi connectivity index (χ1v) is 7.54. The summed E-state index contributed by atoms with van der Waals surface area (Å²) in [6, 6.07) is 8.71. The summed E-state index contributed by atoms with van der Waals surface area (Å²) >= 11 is 0. The van der Waals surface area contributed by atoms with Crippen molar-refractivity contribution in [1.82, 2.24) is 5.32 Å². The number of hydrogen-bond donors (Lipinski definition) is 2. The highest BCUT2D eigenvalue weighted by molar-refractivity contribution is 5.34. The first-order valence-electron chi connectivity index (χ1n) is 7.54. The minimum absolute atomic E-state index is 0.119. The molecule has 3 rings (SSSR count). The lowest BCUT2D eigenvalue weighted by Crippen LogP contribution is -2.50. The molecule has 1 fully saturated rings. The molecule has 104 valence electrons. The highest BCUT2D eigenvalue weighted by Crippen LogP contribution is 2.46. The van der Waals surface area contributed by atoms with E-state index < -0.39 is 5.60 Å². The molecule has 0 saturated heterocycles. The SMILES string of the molecule is CC1(C)CCC(O)(C2NCCc3ccccc32)CC1. The van der Waals surface area contributed by atoms with Gasteiger partial charge in [0.05, 0.1) is 11.6 Å². The van der Waals surface area contributed by atoms with Crippen molar-refractivity contribution >= 4 is 0 Å². The van der Waals surface area contributed by atoms with Crippen LogP contribution < -0.4 is 5.32 Å². The third kappa shape index (κ3) is 2.44. The normalized spacial score (nSPS) is 28.7. The first-order chi connectivity index (χ1) is 9.00. The van der Waals surface area contributed by atoms with E-state index in [9.17, 15) is 5.11 Å². The Morgan fingerprint density at radius 3 is 2.53 bits per heavy atom. The van der Waals surface area contributed by atoms with Crippen LogP contribution in [-0.2, 0) is 6.42 Å². The molecule has 19 heavy (non-hydrogen) atoms. The Balaban J connectivity index is 1.87. The molecule has 2 aliphatic rings. The molecule has 2 heteroatoms. The van der Waals surface area contributed by atoms with Crippen LogP contribution in [-0.4, -0.2) is 17.3 Å². The molecule has 1 unspecified atom stereocenters. The summed E-state index contributed by atoms with van der Waals surface area (Å²) < 4.78 is 0. The second-order valence-corrected chi connectivity index (χ2v) is 7.10. The molecule has 1 saturated carbocycles. The molecule has 0 amide bonds. The van der Waals surface area contributed by atoms with Gasteiger partial charge in [0.25, 0.3) is 0 Å². The maximum absolute atomic E-state index is 11.1. The summed E-state index contributed by atoms with van der Waals surface area (Å²) in [6.45, 7) is 5.61. The van der Waals surface area contributed by atoms with E-state index in [1.54, 1.807) is 0 Å². The van der Waals surface area contributed by atoms with Gasteiger partial charge >= 0.3 is 0 Å². The van der Waals surface area contributed by atoms with E-state index in [0.717, 1.165) is 38.6 Å². The second kappa shape index (κ2) is 4.60. The van der Waals surface area contributed by atoms with E-state index in [1.165, 1.54) is 11.1 Å². The van der Waals surface area contributed by atoms with Gasteiger partial charge in [-0.3, -0.25) is 0 Å². The van der Waals surface area contributed by atoms with E-state index >= 15 is 0 Å². The van der Waals surface area contributed by atoms with Crippen molar-refractivity contribution < 1.29 is 5.11 Å². The van der Waals surface area contributed by atoms with Crippen molar-refractivity contribution in [3.05, 3.63) is 35.4 Å². The van der Waals surface area contributed by atoms with Gasteiger partial charge in [-0.15, -0.1) is 0 Å². The van der Waals surface area contributed by atoms with Gasteiger partial charge in [0, 0.05) is 0 Å². The van der Waals surface area contributed by atoms with E-state index in [0.29, 0.717) is 5.41 Å². The smallest absolute Gasteiger partial charge is 0.0842 e. The molecule has 2 N–H and O–H groups in total. The fraction of sp³-hybridized carbons (Fsp3) is 0.647. The quantitative estimate of drug-likeness (QED) is 0.811. The Bertz CT molecular complexity index is 456. The molecule has 0 aromatic heterocycles. The lowest BCUT2D eigenvalue weighted by Gasteiger charge is -2.46. The van der Waals surface area contributed by atoms with Crippen LogP contribution in [0.15, 0.2) is 24.3 Å². The lowest BCUT2D eigenvalue weighted by atomic mass is 9.66. The van der Waals surface area contributed by atoms with Gasteiger partial charge < -0.3 is 10.4 Å². The molecule has 1 heterocycles. The lowest BCUT2D eigenvalue weighted by molar-refractivity contribution is -0.0572. The first kappa shape index (κ1) is 13.1. The zero-order valence-corrected chi connectivity index (χ0v) is 12.1. The Morgan fingerprint density at radius 2 is 1.79 bits per heavy atom. The minimum atomic E-state index is -0.563. The average Bonchev–Trinajstić information content (AvgIpc) is 2.42. The number of rotatable bonds is 1. The molecule has 1 aromatic carbocycles. The number of fused-ring (bicyclic) bond motifs is 1. The van der Waals surface area contributed by atoms with Crippen molar-refractivity contribution in [2.75, 3.05) is 6.54 Å². The van der Waals surface area contributed by atoms with Crippen molar-refractivity contribution in [2.24, 2.45) is 5.41 Å². The van der Waals surface area contributed by atoms with Gasteiger partial charge in [0.1, 0.15) is 0 Å². The van der Waals surface area contributed by atoms with Crippen LogP contribution in [0.25, 0.3) is 0 Å². The van der Waals surface area contributed by atoms with Crippen LogP contribution in [0, 0.1) is 5.41 Å². The van der Waals surface area contributed by atoms with E-state index in [2.05, 4.69) is 43.4 Å². The third-order valence-corrected chi connectivity index (χ3v) is 5.12. The molecule has 0 bridgehead atoms. The van der Waals surface area contributed by atoms with Gasteiger partial charge in [-0.05, 0) is 55.2 Å². The van der Waals surface area contributed by atoms with Gasteiger partial charge in [-0.25, -0.2) is 0 Å². The van der Waals surface area contributed by atoms with Crippen LogP contribution in [0.5, 0.6) is 0 Å². The fourth-order valence-corrected chi connectivity index (χ4v) is 3.63. The number of aliphatic hydroxyl groups is 1. The Labute approximate surface area is 116 Å². The average molecular weight is 259 g/mol. The molecule has 0 spiro atoms. The molecule has 2 nitrogen and oxygen atoms in total. The van der Waals surface area contributed by atoms with E-state index in [1.807, 2.05) is 0 Å². The molecule has 0 radical (unpaired) electrons. The highest BCUT2D eigenvalue weighted by atomic mass is 16.3. The summed E-state index contributed by atoms with van der Waals surface area (Å²) in [7, 11) is 0. The van der Waals surface area contributed by atoms with Crippen LogP contribution in [0.3, 0.4) is 0 Å². The largest absolute Gasteiger partial charge is 0.388 e. The summed E-state index contributed by atoms with van der Waals surface area (Å²) in [6.07, 6.45) is 5.12. The van der Waals surface area contributed by atoms with Crippen molar-refractivity contribution in [1.29, 1.82) is 0 Å². The summed E-state index contributed by atoms with van der Waals surface area (Å²) in [5.41, 5.74) is 2.55. The van der Waals surface area contributed by atoms with Crippen LogP contribution in [0.2, 0.25) is 0 Å². The topological polar surface area (TPSA) is 32.3 Å². The second-order valence-electron chi connectivity index (χ2n) is 7.10. The fourth-order valence-electron chi connectivity index (χ4n) is 3.63. The highest BCUT2D eigenvalue weighted by Gasteiger charge is 2.44. The Morgan fingerprint density at radius 1 is 1.11 bits per heavy atom. The van der Waals surface area contributed by atoms with Crippen molar-refractivity contribution in [3.8, 4) is 0 Å². The zero-order valence-electron chi connectivity index (χ0n) is 12.1. The number of nitrogens with one attached hydrogen (secondary N) is 1. The maximum atomic E-state index is 11.1. The predicted molar refractivity (Wildman–Crippen MR) is 78.1 cm³/mol. The van der Waals surface area contributed by atoms with Crippen molar-refractivity contribution in [3.63, 3.8) is 0 Å². The van der Waals surface area contributed by atoms with Crippen molar-refractivity contribution in [2.45, 2.75) is 57.6 Å². The van der Waals surface area contributed by atoms with Crippen LogP contribution in [0.4, 0.5) is 0 Å². The minimum Gasteiger partial charge on any atom is -0.388 e. The predicted octanol–water partition coefficient (Wildman–Crippen LogP) is 3.20. The van der Waals surface area contributed by atoms with E-state index in [4.69, 9.17) is 0 Å². The van der Waals surface area contributed by atoms with Crippen LogP contribution in [0.1, 0.15) is 56.7 Å². The maximum Gasteiger partial charge on any atom is 0.0842 e. The molecular formula is C17H25NO. The zero-order chi connectivity index (χ0) is 13.5. The summed E-state index contributed by atoms with van der Waals surface area (Å²) in [4.78, 5) is 0. The van der Waals surface area contributed by atoms with Crippen LogP contribution >= 0.6 is 0 Å². The van der Waals surface area contributed by atoms with E-state index in [-0.39, 0.29) is 6.04 Å². The van der Waals surface area contributed by atoms with Gasteiger partial charge in [0.15, 0.2) is 0 Å². The van der Waals surface area contributed by atoms with Gasteiger partial charge in [-0.1, -0.05) is 38.1 Å². The standard InChI is InChI=1S/C17H25NO/c1-16(2)8-10-17(19,11-9-16)15-14-6-4-3-5-13(14)7-12-18-15/h3-6,15,18-19H,7-12H2,1-2H3. The third-order valence-electron chi connectivity index (χ3n) is 5.12. The molecular weight excluding hydrogens is 234 g/mol. The molecule has 1 aliphatic carbocycles. The Hall–Kier alpha value is -0.860. The van der Waals surface area contributed by atoms with Gasteiger partial charge in [-0.2, -0.15) is 0 Å². The molecule has 1 aromatic rings.